The van der Waals surface area contributed by atoms with Gasteiger partial charge in [-0.25, -0.2) is 4.68 Å². The Balaban J connectivity index is 1.91. The summed E-state index contributed by atoms with van der Waals surface area (Å²) in [5.41, 5.74) is 4.60. The molecule has 0 bridgehead atoms. The molecule has 3 aromatic rings. The summed E-state index contributed by atoms with van der Waals surface area (Å²) in [7, 11) is 0. The molecule has 160 valence electrons. The maximum absolute atomic E-state index is 10.9. The number of anilines is 1. The Morgan fingerprint density at radius 2 is 1.80 bits per heavy atom. The molecule has 0 saturated heterocycles. The topological polar surface area (TPSA) is 97.3 Å². The fourth-order valence-corrected chi connectivity index (χ4v) is 3.74. The minimum absolute atomic E-state index is 0.113. The van der Waals surface area contributed by atoms with Crippen molar-refractivity contribution in [1.82, 2.24) is 19.9 Å². The Morgan fingerprint density at radius 1 is 1.13 bits per heavy atom. The van der Waals surface area contributed by atoms with Crippen molar-refractivity contribution < 1.29 is 14.4 Å². The van der Waals surface area contributed by atoms with Crippen molar-refractivity contribution in [2.45, 2.75) is 54.0 Å². The zero-order valence-corrected chi connectivity index (χ0v) is 18.3. The summed E-state index contributed by atoms with van der Waals surface area (Å²) >= 11 is 0. The summed E-state index contributed by atoms with van der Waals surface area (Å²) in [5, 5.41) is 17.8. The van der Waals surface area contributed by atoms with Crippen LogP contribution < -0.4 is 4.90 Å². The first-order valence-corrected chi connectivity index (χ1v) is 10.4. The molecule has 0 aliphatic rings. The Bertz CT molecular complexity index is 1010. The molecule has 0 aliphatic carbocycles. The van der Waals surface area contributed by atoms with Crippen LogP contribution in [0.5, 0.6) is 0 Å². The fraction of sp³-hybridized carbons (Fsp3) is 0.455. The maximum atomic E-state index is 10.9. The molecular weight excluding hydrogens is 382 g/mol. The number of hydrogen-bond donors (Lipinski definition) is 1. The molecule has 3 rings (SSSR count). The molecule has 2 aromatic heterocycles. The van der Waals surface area contributed by atoms with E-state index in [1.807, 2.05) is 36.7 Å². The second kappa shape index (κ2) is 9.11. The van der Waals surface area contributed by atoms with Gasteiger partial charge in [-0.3, -0.25) is 4.79 Å². The lowest BCUT2D eigenvalue weighted by Crippen LogP contribution is -2.24. The molecule has 1 aromatic carbocycles. The molecule has 0 fully saturated rings. The highest BCUT2D eigenvalue weighted by Gasteiger charge is 2.19. The van der Waals surface area contributed by atoms with Gasteiger partial charge in [0.2, 0.25) is 5.82 Å². The van der Waals surface area contributed by atoms with E-state index < -0.39 is 5.97 Å². The molecule has 30 heavy (non-hydrogen) atoms. The van der Waals surface area contributed by atoms with Crippen LogP contribution in [0, 0.1) is 13.8 Å². The van der Waals surface area contributed by atoms with Crippen LogP contribution >= 0.6 is 0 Å². The summed E-state index contributed by atoms with van der Waals surface area (Å²) < 4.78 is 7.46. The molecule has 0 atom stereocenters. The van der Waals surface area contributed by atoms with Crippen molar-refractivity contribution in [3.63, 3.8) is 0 Å². The molecule has 0 amide bonds. The van der Waals surface area contributed by atoms with Gasteiger partial charge in [0.25, 0.3) is 5.89 Å². The summed E-state index contributed by atoms with van der Waals surface area (Å²) in [6.07, 6.45) is 0.621. The van der Waals surface area contributed by atoms with Gasteiger partial charge in [-0.15, -0.1) is 0 Å². The number of rotatable bonds is 9. The predicted octanol–water partition coefficient (Wildman–Crippen LogP) is 4.10. The molecule has 0 spiro atoms. The quantitative estimate of drug-likeness (QED) is 0.566. The van der Waals surface area contributed by atoms with Gasteiger partial charge in [-0.2, -0.15) is 10.1 Å². The molecule has 0 radical (unpaired) electrons. The third-order valence-electron chi connectivity index (χ3n) is 5.33. The van der Waals surface area contributed by atoms with Gasteiger partial charge in [0.1, 0.15) is 5.82 Å². The lowest BCUT2D eigenvalue weighted by molar-refractivity contribution is -0.136. The normalized spacial score (nSPS) is 11.1. The Kier molecular flexibility index (Phi) is 6.54. The second-order valence-corrected chi connectivity index (χ2v) is 7.28. The average molecular weight is 412 g/mol. The van der Waals surface area contributed by atoms with Gasteiger partial charge in [-0.05, 0) is 69.9 Å². The highest BCUT2D eigenvalue weighted by Crippen LogP contribution is 2.28. The summed E-state index contributed by atoms with van der Waals surface area (Å²) in [6.45, 7) is 12.8. The van der Waals surface area contributed by atoms with Gasteiger partial charge in [0, 0.05) is 37.7 Å². The van der Waals surface area contributed by atoms with Crippen molar-refractivity contribution >= 4 is 11.8 Å². The zero-order valence-electron chi connectivity index (χ0n) is 18.3. The first-order valence-electron chi connectivity index (χ1n) is 10.4. The van der Waals surface area contributed by atoms with E-state index in [0.29, 0.717) is 23.8 Å². The summed E-state index contributed by atoms with van der Waals surface area (Å²) in [5.74, 6) is 1.12. The average Bonchev–Trinajstić information content (AvgIpc) is 3.35. The third-order valence-corrected chi connectivity index (χ3v) is 5.33. The van der Waals surface area contributed by atoms with Gasteiger partial charge in [0.05, 0.1) is 0 Å². The van der Waals surface area contributed by atoms with Crippen molar-refractivity contribution in [1.29, 1.82) is 0 Å². The van der Waals surface area contributed by atoms with Gasteiger partial charge >= 0.3 is 5.97 Å². The molecule has 1 N–H and O–H groups in total. The lowest BCUT2D eigenvalue weighted by atomic mass is 9.95. The zero-order chi connectivity index (χ0) is 21.8. The van der Waals surface area contributed by atoms with Crippen LogP contribution in [0.15, 0.2) is 22.7 Å². The lowest BCUT2D eigenvalue weighted by Gasteiger charge is -2.20. The number of benzene rings is 1. The number of carboxylic acid groups (broad SMARTS) is 1. The largest absolute Gasteiger partial charge is 0.481 e. The minimum atomic E-state index is -0.795. The van der Waals surface area contributed by atoms with E-state index in [-0.39, 0.29) is 6.42 Å². The van der Waals surface area contributed by atoms with Gasteiger partial charge in [-0.1, -0.05) is 5.16 Å². The Hall–Kier alpha value is -3.16. The van der Waals surface area contributed by atoms with Crippen LogP contribution in [0.2, 0.25) is 0 Å². The number of carbonyl (C=O) groups is 1. The third kappa shape index (κ3) is 4.37. The van der Waals surface area contributed by atoms with E-state index in [1.54, 1.807) is 0 Å². The highest BCUT2D eigenvalue weighted by molar-refractivity contribution is 5.68. The van der Waals surface area contributed by atoms with Crippen LogP contribution in [0.25, 0.3) is 23.0 Å². The van der Waals surface area contributed by atoms with E-state index in [9.17, 15) is 4.79 Å². The number of aryl methyl sites for hydroxylation is 3. The number of aliphatic carboxylic acids is 1. The van der Waals surface area contributed by atoms with Crippen LogP contribution in [-0.4, -0.2) is 44.1 Å². The SMILES string of the molecule is CCN(CC)c1cc(-c2nc(-c3cc(C)c(CCC(=O)O)c(C)c3)no2)nn1CC. The molecule has 8 nitrogen and oxygen atoms in total. The van der Waals surface area contributed by atoms with Crippen LogP contribution in [-0.2, 0) is 17.8 Å². The van der Waals surface area contributed by atoms with E-state index >= 15 is 0 Å². The molecule has 2 heterocycles. The molecule has 0 aliphatic heterocycles. The predicted molar refractivity (Wildman–Crippen MR) is 116 cm³/mol. The van der Waals surface area contributed by atoms with Crippen LogP contribution in [0.4, 0.5) is 5.82 Å². The standard InChI is InChI=1S/C22H29N5O3/c1-6-26(7-2)19-13-18(24-27(19)8-3)22-23-21(25-30-22)16-11-14(4)17(15(5)12-16)9-10-20(28)29/h11-13H,6-10H2,1-5H3,(H,28,29). The van der Waals surface area contributed by atoms with Crippen LogP contribution in [0.3, 0.4) is 0 Å². The Labute approximate surface area is 176 Å². The molecular formula is C22H29N5O3. The van der Waals surface area contributed by atoms with Crippen molar-refractivity contribution in [3.05, 3.63) is 34.9 Å². The van der Waals surface area contributed by atoms with Crippen molar-refractivity contribution in [2.24, 2.45) is 0 Å². The smallest absolute Gasteiger partial charge is 0.303 e. The Morgan fingerprint density at radius 3 is 2.37 bits per heavy atom. The number of carboxylic acids is 1. The first-order chi connectivity index (χ1) is 14.4. The molecule has 0 saturated carbocycles. The second-order valence-electron chi connectivity index (χ2n) is 7.28. The molecule has 0 unspecified atom stereocenters. The van der Waals surface area contributed by atoms with E-state index in [0.717, 1.165) is 47.7 Å². The van der Waals surface area contributed by atoms with Crippen LogP contribution in [0.1, 0.15) is 43.9 Å². The number of aromatic nitrogens is 4. The van der Waals surface area contributed by atoms with Crippen molar-refractivity contribution in [2.75, 3.05) is 18.0 Å². The number of hydrogen-bond acceptors (Lipinski definition) is 6. The maximum Gasteiger partial charge on any atom is 0.303 e. The fourth-order valence-electron chi connectivity index (χ4n) is 3.74. The van der Waals surface area contributed by atoms with E-state index in [1.165, 1.54) is 0 Å². The summed E-state index contributed by atoms with van der Waals surface area (Å²) in [4.78, 5) is 17.7. The van der Waals surface area contributed by atoms with Gasteiger partial charge < -0.3 is 14.5 Å². The minimum Gasteiger partial charge on any atom is -0.481 e. The van der Waals surface area contributed by atoms with E-state index in [2.05, 4.69) is 40.9 Å². The van der Waals surface area contributed by atoms with E-state index in [4.69, 9.17) is 9.63 Å². The monoisotopic (exact) mass is 411 g/mol. The molecule has 8 heteroatoms. The van der Waals surface area contributed by atoms with Crippen molar-refractivity contribution in [3.8, 4) is 23.0 Å². The summed E-state index contributed by atoms with van der Waals surface area (Å²) in [6, 6.07) is 5.94. The highest BCUT2D eigenvalue weighted by atomic mass is 16.5. The number of nitrogens with zero attached hydrogens (tertiary/aromatic N) is 5. The first kappa shape index (κ1) is 21.5. The van der Waals surface area contributed by atoms with Gasteiger partial charge in [0.15, 0.2) is 5.69 Å².